The maximum Gasteiger partial charge on any atom is 0.495 e. The van der Waals surface area contributed by atoms with Gasteiger partial charge in [0.2, 0.25) is 0 Å². The summed E-state index contributed by atoms with van der Waals surface area (Å²) in [6, 6.07) is 7.94. The molecule has 0 saturated carbocycles. The summed E-state index contributed by atoms with van der Waals surface area (Å²) in [5.41, 5.74) is 1.89. The number of furan rings is 1. The van der Waals surface area contributed by atoms with Crippen LogP contribution in [0.1, 0.15) is 27.7 Å². The number of hydrogen-bond donors (Lipinski definition) is 0. The first-order valence-corrected chi connectivity index (χ1v) is 7.50. The minimum Gasteiger partial charge on any atom is -0.454 e. The molecule has 4 rings (SSSR count). The molecule has 0 aliphatic carbocycles. The second kappa shape index (κ2) is 4.34. The molecule has 0 amide bonds. The Morgan fingerprint density at radius 3 is 2.41 bits per heavy atom. The molecule has 3 heterocycles. The SMILES string of the molecule is CC1(C)OB(c2cccc3oc4cnccc4c23)OC1(C)C. The highest BCUT2D eigenvalue weighted by Gasteiger charge is 2.52. The van der Waals surface area contributed by atoms with Crippen molar-refractivity contribution in [3.8, 4) is 0 Å². The van der Waals surface area contributed by atoms with Crippen molar-refractivity contribution in [2.75, 3.05) is 0 Å². The third-order valence-electron chi connectivity index (χ3n) is 4.84. The fraction of sp³-hybridized carbons (Fsp3) is 0.353. The van der Waals surface area contributed by atoms with Gasteiger partial charge in [0.1, 0.15) is 5.58 Å². The second-order valence-electron chi connectivity index (χ2n) is 6.78. The van der Waals surface area contributed by atoms with Gasteiger partial charge in [-0.2, -0.15) is 0 Å². The van der Waals surface area contributed by atoms with E-state index >= 15 is 0 Å². The summed E-state index contributed by atoms with van der Waals surface area (Å²) in [6.45, 7) is 8.24. The fourth-order valence-electron chi connectivity index (χ4n) is 2.87. The predicted molar refractivity (Wildman–Crippen MR) is 87.2 cm³/mol. The molecular formula is C17H18BNO3. The van der Waals surface area contributed by atoms with Crippen LogP contribution in [0.15, 0.2) is 41.1 Å². The molecule has 112 valence electrons. The molecule has 1 fully saturated rings. The lowest BCUT2D eigenvalue weighted by atomic mass is 9.76. The number of benzene rings is 1. The van der Waals surface area contributed by atoms with Gasteiger partial charge in [-0.25, -0.2) is 0 Å². The lowest BCUT2D eigenvalue weighted by Crippen LogP contribution is -2.41. The van der Waals surface area contributed by atoms with Crippen LogP contribution >= 0.6 is 0 Å². The summed E-state index contributed by atoms with van der Waals surface area (Å²) in [5.74, 6) is 0. The highest BCUT2D eigenvalue weighted by Crippen LogP contribution is 2.37. The standard InChI is InChI=1S/C17H18BNO3/c1-16(2)17(3,4)22-18(21-16)12-6-5-7-13-15(12)11-8-9-19-10-14(11)20-13/h5-10H,1-4H3. The maximum absolute atomic E-state index is 6.20. The molecular weight excluding hydrogens is 277 g/mol. The Kier molecular flexibility index (Phi) is 2.72. The Hall–Kier alpha value is -1.85. The smallest absolute Gasteiger partial charge is 0.454 e. The van der Waals surface area contributed by atoms with Gasteiger partial charge < -0.3 is 13.7 Å². The molecule has 1 aliphatic heterocycles. The third-order valence-corrected chi connectivity index (χ3v) is 4.84. The van der Waals surface area contributed by atoms with Crippen molar-refractivity contribution >= 4 is 34.5 Å². The molecule has 0 N–H and O–H groups in total. The summed E-state index contributed by atoms with van der Waals surface area (Å²) >= 11 is 0. The van der Waals surface area contributed by atoms with Crippen LogP contribution in [0.25, 0.3) is 21.9 Å². The van der Waals surface area contributed by atoms with Gasteiger partial charge in [0.05, 0.1) is 17.4 Å². The molecule has 3 aromatic rings. The summed E-state index contributed by atoms with van der Waals surface area (Å²) in [4.78, 5) is 4.13. The van der Waals surface area contributed by atoms with Gasteiger partial charge in [-0.1, -0.05) is 12.1 Å². The van der Waals surface area contributed by atoms with E-state index in [0.29, 0.717) is 0 Å². The topological polar surface area (TPSA) is 44.5 Å². The van der Waals surface area contributed by atoms with Gasteiger partial charge >= 0.3 is 7.12 Å². The van der Waals surface area contributed by atoms with Crippen molar-refractivity contribution in [3.05, 3.63) is 36.7 Å². The van der Waals surface area contributed by atoms with Crippen molar-refractivity contribution in [1.29, 1.82) is 0 Å². The molecule has 22 heavy (non-hydrogen) atoms. The van der Waals surface area contributed by atoms with Crippen molar-refractivity contribution in [3.63, 3.8) is 0 Å². The average Bonchev–Trinajstić information content (AvgIpc) is 2.93. The van der Waals surface area contributed by atoms with E-state index in [2.05, 4.69) is 32.7 Å². The van der Waals surface area contributed by atoms with Crippen LogP contribution < -0.4 is 5.46 Å². The zero-order chi connectivity index (χ0) is 15.5. The zero-order valence-electron chi connectivity index (χ0n) is 13.2. The van der Waals surface area contributed by atoms with Crippen molar-refractivity contribution in [2.45, 2.75) is 38.9 Å². The van der Waals surface area contributed by atoms with Crippen LogP contribution in [0.5, 0.6) is 0 Å². The van der Waals surface area contributed by atoms with Crippen molar-refractivity contribution in [2.24, 2.45) is 0 Å². The molecule has 0 radical (unpaired) electrons. The van der Waals surface area contributed by atoms with E-state index in [4.69, 9.17) is 13.7 Å². The molecule has 1 aliphatic rings. The van der Waals surface area contributed by atoms with E-state index in [1.165, 1.54) is 0 Å². The summed E-state index contributed by atoms with van der Waals surface area (Å²) in [7, 11) is -0.400. The molecule has 4 nitrogen and oxygen atoms in total. The first-order valence-electron chi connectivity index (χ1n) is 7.50. The first-order chi connectivity index (χ1) is 10.4. The molecule has 2 aromatic heterocycles. The molecule has 0 spiro atoms. The van der Waals surface area contributed by atoms with Crippen LogP contribution in [0, 0.1) is 0 Å². The maximum atomic E-state index is 6.20. The molecule has 0 unspecified atom stereocenters. The van der Waals surface area contributed by atoms with E-state index in [0.717, 1.165) is 27.4 Å². The van der Waals surface area contributed by atoms with Crippen LogP contribution in [0.2, 0.25) is 0 Å². The third kappa shape index (κ3) is 1.82. The molecule has 5 heteroatoms. The Labute approximate surface area is 129 Å². The number of nitrogens with zero attached hydrogens (tertiary/aromatic N) is 1. The monoisotopic (exact) mass is 295 g/mol. The van der Waals surface area contributed by atoms with Crippen LogP contribution in [0.4, 0.5) is 0 Å². The van der Waals surface area contributed by atoms with E-state index in [9.17, 15) is 0 Å². The number of fused-ring (bicyclic) bond motifs is 3. The second-order valence-corrected chi connectivity index (χ2v) is 6.78. The quantitative estimate of drug-likeness (QED) is 0.646. The molecule has 1 saturated heterocycles. The van der Waals surface area contributed by atoms with E-state index in [1.807, 2.05) is 24.3 Å². The highest BCUT2D eigenvalue weighted by atomic mass is 16.7. The lowest BCUT2D eigenvalue weighted by Gasteiger charge is -2.32. The van der Waals surface area contributed by atoms with Gasteiger partial charge in [-0.15, -0.1) is 0 Å². The van der Waals surface area contributed by atoms with Crippen molar-refractivity contribution in [1.82, 2.24) is 4.98 Å². The first kappa shape index (κ1) is 13.8. The van der Waals surface area contributed by atoms with E-state index < -0.39 is 7.12 Å². The highest BCUT2D eigenvalue weighted by molar-refractivity contribution is 6.66. The van der Waals surface area contributed by atoms with E-state index in [1.54, 1.807) is 12.4 Å². The summed E-state index contributed by atoms with van der Waals surface area (Å²) in [5, 5.41) is 2.08. The average molecular weight is 295 g/mol. The van der Waals surface area contributed by atoms with Crippen LogP contribution in [0.3, 0.4) is 0 Å². The Balaban J connectivity index is 1.93. The number of hydrogen-bond acceptors (Lipinski definition) is 4. The van der Waals surface area contributed by atoms with E-state index in [-0.39, 0.29) is 11.2 Å². The minimum atomic E-state index is -0.400. The lowest BCUT2D eigenvalue weighted by molar-refractivity contribution is 0.00578. The molecule has 0 bridgehead atoms. The van der Waals surface area contributed by atoms with Gasteiger partial charge in [0.25, 0.3) is 0 Å². The van der Waals surface area contributed by atoms with Gasteiger partial charge in [0, 0.05) is 17.0 Å². The predicted octanol–water partition coefficient (Wildman–Crippen LogP) is 3.28. The Morgan fingerprint density at radius 1 is 0.955 bits per heavy atom. The van der Waals surface area contributed by atoms with Crippen LogP contribution in [-0.4, -0.2) is 23.3 Å². The van der Waals surface area contributed by atoms with Crippen LogP contribution in [-0.2, 0) is 9.31 Å². The minimum absolute atomic E-state index is 0.360. The van der Waals surface area contributed by atoms with Gasteiger partial charge in [0.15, 0.2) is 5.58 Å². The number of rotatable bonds is 1. The van der Waals surface area contributed by atoms with Gasteiger partial charge in [-0.05, 0) is 45.3 Å². The van der Waals surface area contributed by atoms with Gasteiger partial charge in [-0.3, -0.25) is 4.98 Å². The van der Waals surface area contributed by atoms with Crippen molar-refractivity contribution < 1.29 is 13.7 Å². The number of aromatic nitrogens is 1. The number of pyridine rings is 1. The summed E-state index contributed by atoms with van der Waals surface area (Å²) in [6.07, 6.45) is 3.52. The normalized spacial score (nSPS) is 20.1. The largest absolute Gasteiger partial charge is 0.495 e. The molecule has 0 atom stereocenters. The zero-order valence-corrected chi connectivity index (χ0v) is 13.2. The fourth-order valence-corrected chi connectivity index (χ4v) is 2.87. The summed E-state index contributed by atoms with van der Waals surface area (Å²) < 4.78 is 18.3. The Bertz CT molecular complexity index is 853. The molecule has 1 aromatic carbocycles. The Morgan fingerprint density at radius 2 is 1.68 bits per heavy atom.